The molecule has 3 aliphatic rings. The van der Waals surface area contributed by atoms with Crippen molar-refractivity contribution in [2.45, 2.75) is 65.9 Å². The quantitative estimate of drug-likeness (QED) is 0.136. The van der Waals surface area contributed by atoms with Crippen LogP contribution in [-0.2, 0) is 14.3 Å². The maximum atomic E-state index is 13.8. The molecule has 4 amide bonds. The number of anilines is 2. The third kappa shape index (κ3) is 9.77. The van der Waals surface area contributed by atoms with Gasteiger partial charge < -0.3 is 39.8 Å². The molecule has 2 aromatic heterocycles. The zero-order valence-electron chi connectivity index (χ0n) is 35.3. The van der Waals surface area contributed by atoms with Gasteiger partial charge in [-0.05, 0) is 59.4 Å². The van der Waals surface area contributed by atoms with Crippen molar-refractivity contribution in [2.24, 2.45) is 23.2 Å². The van der Waals surface area contributed by atoms with Crippen LogP contribution < -0.4 is 20.3 Å². The number of piperazine rings is 1. The summed E-state index contributed by atoms with van der Waals surface area (Å²) in [5.41, 5.74) is 1.80. The van der Waals surface area contributed by atoms with Crippen LogP contribution in [0.15, 0.2) is 60.9 Å². The largest absolute Gasteiger partial charge is 0.573 e. The van der Waals surface area contributed by atoms with Gasteiger partial charge in [-0.25, -0.2) is 14.8 Å². The summed E-state index contributed by atoms with van der Waals surface area (Å²) in [6.45, 7) is 12.7. The number of pyridine rings is 1. The highest BCUT2D eigenvalue weighted by Gasteiger charge is 2.52. The number of hydrogen-bond acceptors (Lipinski definition) is 9. The van der Waals surface area contributed by atoms with Crippen LogP contribution in [0.2, 0.25) is 5.02 Å². The Kier molecular flexibility index (Phi) is 12.5. The standard InChI is InChI=1S/C44H50ClF3N8O6/c1-24(2)37(53-42(60)61-6)41(59)56-23-25(3)17-34(56)38-50-22-33(51-38)27-9-7-26(8-10-27)29-18-31(45)32(19-35(29)62-44(46,47)48)52-39(57)28-11-12-36(49-21-28)54-13-15-55(16-14-54)40(58)30-20-43(30,4)5/h7-12,18-19,21-22,24-25,30,34,37H,13-17,20,23H2,1-6H3,(H,50,51)(H,52,57)(H,53,60). The predicted octanol–water partition coefficient (Wildman–Crippen LogP) is 7.93. The molecule has 62 heavy (non-hydrogen) atoms. The maximum absolute atomic E-state index is 13.8. The van der Waals surface area contributed by atoms with Crippen molar-refractivity contribution in [1.29, 1.82) is 0 Å². The predicted molar refractivity (Wildman–Crippen MR) is 226 cm³/mol. The smallest absolute Gasteiger partial charge is 0.453 e. The van der Waals surface area contributed by atoms with Gasteiger partial charge in [-0.3, -0.25) is 14.4 Å². The Labute approximate surface area is 362 Å². The van der Waals surface area contributed by atoms with Crippen LogP contribution in [0.3, 0.4) is 0 Å². The molecule has 2 aliphatic heterocycles. The molecular formula is C44H50ClF3N8O6. The molecule has 14 nitrogen and oxygen atoms in total. The summed E-state index contributed by atoms with van der Waals surface area (Å²) < 4.78 is 50.5. The molecule has 18 heteroatoms. The highest BCUT2D eigenvalue weighted by atomic mass is 35.5. The van der Waals surface area contributed by atoms with Gasteiger partial charge in [0.05, 0.1) is 41.3 Å². The van der Waals surface area contributed by atoms with Gasteiger partial charge in [0.15, 0.2) is 0 Å². The summed E-state index contributed by atoms with van der Waals surface area (Å²) in [6.07, 6.45) is -1.20. The van der Waals surface area contributed by atoms with E-state index >= 15 is 0 Å². The summed E-state index contributed by atoms with van der Waals surface area (Å²) in [4.78, 5) is 69.8. The Balaban J connectivity index is 1.03. The van der Waals surface area contributed by atoms with Gasteiger partial charge in [-0.15, -0.1) is 13.2 Å². The van der Waals surface area contributed by atoms with Gasteiger partial charge in [-0.1, -0.05) is 70.5 Å². The molecular weight excluding hydrogens is 829 g/mol. The third-order valence-electron chi connectivity index (χ3n) is 11.9. The van der Waals surface area contributed by atoms with Crippen molar-refractivity contribution >= 4 is 46.9 Å². The second kappa shape index (κ2) is 17.5. The van der Waals surface area contributed by atoms with Gasteiger partial charge in [0.2, 0.25) is 11.8 Å². The van der Waals surface area contributed by atoms with E-state index < -0.39 is 30.2 Å². The lowest BCUT2D eigenvalue weighted by molar-refractivity contribution is -0.274. The number of nitrogens with zero attached hydrogens (tertiary/aromatic N) is 5. The summed E-state index contributed by atoms with van der Waals surface area (Å²) in [5.74, 6) is -0.0385. The highest BCUT2D eigenvalue weighted by Crippen LogP contribution is 2.52. The zero-order chi connectivity index (χ0) is 44.7. The first kappa shape index (κ1) is 44.2. The average molecular weight is 879 g/mol. The van der Waals surface area contributed by atoms with Crippen LogP contribution in [0.4, 0.5) is 29.5 Å². The number of imidazole rings is 1. The van der Waals surface area contributed by atoms with E-state index in [0.717, 1.165) is 12.5 Å². The number of aromatic nitrogens is 3. The van der Waals surface area contributed by atoms with E-state index in [9.17, 15) is 32.3 Å². The van der Waals surface area contributed by atoms with Crippen molar-refractivity contribution in [1.82, 2.24) is 30.1 Å². The minimum absolute atomic E-state index is 0.0249. The molecule has 0 radical (unpaired) electrons. The number of ether oxygens (including phenoxy) is 2. The molecule has 4 heterocycles. The lowest BCUT2D eigenvalue weighted by Gasteiger charge is -2.35. The van der Waals surface area contributed by atoms with Gasteiger partial charge in [0.1, 0.15) is 23.4 Å². The Hall–Kier alpha value is -5.84. The highest BCUT2D eigenvalue weighted by molar-refractivity contribution is 6.34. The van der Waals surface area contributed by atoms with Crippen LogP contribution in [0, 0.1) is 23.2 Å². The lowest BCUT2D eigenvalue weighted by atomic mass is 10.0. The lowest BCUT2D eigenvalue weighted by Crippen LogP contribution is -2.51. The fourth-order valence-electron chi connectivity index (χ4n) is 8.16. The monoisotopic (exact) mass is 878 g/mol. The normalized spacial score (nSPS) is 20.2. The molecule has 4 aromatic rings. The number of benzene rings is 2. The van der Waals surface area contributed by atoms with E-state index in [-0.39, 0.29) is 62.9 Å². The minimum Gasteiger partial charge on any atom is -0.453 e. The zero-order valence-corrected chi connectivity index (χ0v) is 36.1. The van der Waals surface area contributed by atoms with Gasteiger partial charge >= 0.3 is 12.5 Å². The Morgan fingerprint density at radius 2 is 1.65 bits per heavy atom. The first-order valence-corrected chi connectivity index (χ1v) is 20.9. The number of amides is 4. The van der Waals surface area contributed by atoms with Crippen molar-refractivity contribution < 1.29 is 41.8 Å². The number of halogens is 4. The molecule has 4 unspecified atom stereocenters. The van der Waals surface area contributed by atoms with E-state index in [2.05, 4.69) is 44.2 Å². The molecule has 0 spiro atoms. The second-order valence-corrected chi connectivity index (χ2v) is 17.7. The molecule has 7 rings (SSSR count). The number of alkyl carbamates (subject to hydrolysis) is 1. The molecule has 3 N–H and O–H groups in total. The summed E-state index contributed by atoms with van der Waals surface area (Å²) in [6, 6.07) is 11.0. The molecule has 2 aromatic carbocycles. The molecule has 1 saturated carbocycles. The Bertz CT molecular complexity index is 2310. The van der Waals surface area contributed by atoms with Crippen LogP contribution in [0.25, 0.3) is 22.4 Å². The van der Waals surface area contributed by atoms with E-state index in [1.165, 1.54) is 19.4 Å². The van der Waals surface area contributed by atoms with Gasteiger partial charge in [-0.2, -0.15) is 0 Å². The number of likely N-dealkylation sites (tertiary alicyclic amines) is 1. The summed E-state index contributed by atoms with van der Waals surface area (Å²) >= 11 is 6.59. The number of alkyl halides is 3. The van der Waals surface area contributed by atoms with Crippen LogP contribution in [0.1, 0.15) is 69.7 Å². The number of nitrogens with one attached hydrogen (secondary N) is 3. The van der Waals surface area contributed by atoms with Crippen molar-refractivity contribution in [3.63, 3.8) is 0 Å². The van der Waals surface area contributed by atoms with Crippen LogP contribution in [0.5, 0.6) is 5.75 Å². The minimum atomic E-state index is -5.05. The maximum Gasteiger partial charge on any atom is 0.573 e. The molecule has 1 aliphatic carbocycles. The number of H-pyrrole nitrogens is 1. The SMILES string of the molecule is COC(=O)NC(C(=O)N1CC(C)CC1c1ncc(-c2ccc(-c3cc(Cl)c(NC(=O)c4ccc(N5CCN(C(=O)C6CC6(C)C)CC5)nc4)cc3OC(F)(F)F)cc2)[nH]1)C(C)C. The second-order valence-electron chi connectivity index (χ2n) is 17.3. The number of hydrogen-bond donors (Lipinski definition) is 3. The van der Waals surface area contributed by atoms with Gasteiger partial charge in [0.25, 0.3) is 5.91 Å². The molecule has 330 valence electrons. The van der Waals surface area contributed by atoms with E-state index in [0.29, 0.717) is 67.6 Å². The van der Waals surface area contributed by atoms with Crippen LogP contribution in [-0.4, -0.2) is 101 Å². The first-order chi connectivity index (χ1) is 29.3. The van der Waals surface area contributed by atoms with E-state index in [1.54, 1.807) is 47.5 Å². The fraction of sp³-hybridized carbons (Fsp3) is 0.455. The average Bonchev–Trinajstić information content (AvgIpc) is 3.51. The van der Waals surface area contributed by atoms with Crippen molar-refractivity contribution in [3.8, 4) is 28.1 Å². The number of carbonyl (C=O) groups is 4. The summed E-state index contributed by atoms with van der Waals surface area (Å²) in [7, 11) is 1.24. The number of methoxy groups -OCH3 is 1. The molecule has 4 atom stereocenters. The van der Waals surface area contributed by atoms with Crippen molar-refractivity contribution in [3.05, 3.63) is 77.3 Å². The summed E-state index contributed by atoms with van der Waals surface area (Å²) in [5, 5.41) is 5.21. The molecule has 0 bridgehead atoms. The first-order valence-electron chi connectivity index (χ1n) is 20.5. The number of aromatic amines is 1. The number of rotatable bonds is 11. The topological polar surface area (TPSA) is 162 Å². The molecule has 3 fully saturated rings. The fourth-order valence-corrected chi connectivity index (χ4v) is 8.37. The van der Waals surface area contributed by atoms with E-state index in [4.69, 9.17) is 16.3 Å². The number of carbonyl (C=O) groups excluding carboxylic acids is 4. The van der Waals surface area contributed by atoms with E-state index in [1.807, 2.05) is 30.6 Å². The third-order valence-corrected chi connectivity index (χ3v) is 12.2. The molecule has 2 saturated heterocycles. The Morgan fingerprint density at radius 3 is 2.24 bits per heavy atom. The Morgan fingerprint density at radius 1 is 0.968 bits per heavy atom. The van der Waals surface area contributed by atoms with Crippen LogP contribution >= 0.6 is 11.6 Å². The van der Waals surface area contributed by atoms with Gasteiger partial charge in [0, 0.05) is 56.5 Å². The van der Waals surface area contributed by atoms with Crippen molar-refractivity contribution in [2.75, 3.05) is 50.1 Å².